The van der Waals surface area contributed by atoms with Crippen molar-refractivity contribution in [3.05, 3.63) is 84.7 Å². The Labute approximate surface area is 191 Å². The van der Waals surface area contributed by atoms with Gasteiger partial charge in [0, 0.05) is 18.4 Å². The SMILES string of the molecule is O=C(Nc1ccc(Oc2ccccc2)cc1)O[C@H]1CO[C@@H]2[C@@H]1OC[C@@H]2NCc1ccccn1. The Hall–Kier alpha value is -3.46. The monoisotopic (exact) mass is 447 g/mol. The van der Waals surface area contributed by atoms with E-state index in [1.807, 2.05) is 48.5 Å². The minimum Gasteiger partial charge on any atom is -0.457 e. The fourth-order valence-corrected chi connectivity index (χ4v) is 3.99. The molecule has 8 nitrogen and oxygen atoms in total. The van der Waals surface area contributed by atoms with Gasteiger partial charge in [0.25, 0.3) is 0 Å². The second-order valence-corrected chi connectivity index (χ2v) is 7.91. The Morgan fingerprint density at radius 2 is 1.67 bits per heavy atom. The zero-order chi connectivity index (χ0) is 22.5. The summed E-state index contributed by atoms with van der Waals surface area (Å²) in [6, 6.07) is 22.4. The van der Waals surface area contributed by atoms with Crippen molar-refractivity contribution in [3.63, 3.8) is 0 Å². The highest BCUT2D eigenvalue weighted by molar-refractivity contribution is 5.84. The maximum atomic E-state index is 12.4. The molecule has 2 N–H and O–H groups in total. The van der Waals surface area contributed by atoms with Crippen molar-refractivity contribution >= 4 is 11.8 Å². The zero-order valence-electron chi connectivity index (χ0n) is 17.9. The lowest BCUT2D eigenvalue weighted by Crippen LogP contribution is -2.41. The highest BCUT2D eigenvalue weighted by Gasteiger charge is 2.49. The van der Waals surface area contributed by atoms with Crippen LogP contribution in [0.3, 0.4) is 0 Å². The smallest absolute Gasteiger partial charge is 0.412 e. The molecule has 2 aromatic carbocycles. The maximum Gasteiger partial charge on any atom is 0.412 e. The first kappa shape index (κ1) is 21.4. The second kappa shape index (κ2) is 9.99. The van der Waals surface area contributed by atoms with E-state index in [0.717, 1.165) is 11.4 Å². The third-order valence-corrected chi connectivity index (χ3v) is 5.62. The van der Waals surface area contributed by atoms with Crippen molar-refractivity contribution in [3.8, 4) is 11.5 Å². The van der Waals surface area contributed by atoms with Crippen molar-refractivity contribution in [1.29, 1.82) is 0 Å². The normalized spacial score (nSPS) is 23.6. The molecule has 0 saturated carbocycles. The van der Waals surface area contributed by atoms with Crippen LogP contribution >= 0.6 is 0 Å². The number of pyridine rings is 1. The molecule has 2 aliphatic heterocycles. The summed E-state index contributed by atoms with van der Waals surface area (Å²) in [6.07, 6.45) is 0.301. The van der Waals surface area contributed by atoms with Gasteiger partial charge in [0.15, 0.2) is 6.10 Å². The average Bonchev–Trinajstić information content (AvgIpc) is 3.43. The molecule has 8 heteroatoms. The van der Waals surface area contributed by atoms with E-state index in [-0.39, 0.29) is 18.2 Å². The fraction of sp³-hybridized carbons (Fsp3) is 0.280. The molecule has 5 rings (SSSR count). The van der Waals surface area contributed by atoms with Gasteiger partial charge in [-0.3, -0.25) is 10.3 Å². The molecule has 2 fully saturated rings. The lowest BCUT2D eigenvalue weighted by Gasteiger charge is -2.18. The van der Waals surface area contributed by atoms with Crippen molar-refractivity contribution in [1.82, 2.24) is 10.3 Å². The standard InChI is InChI=1S/C25H25N3O5/c29-25(28-17-9-11-20(12-10-17)32-19-7-2-1-3-8-19)33-22-16-31-23-21(15-30-24(22)23)27-14-18-6-4-5-13-26-18/h1-13,21-24,27H,14-16H2,(H,28,29)/t21-,22-,23-,24+/m0/s1. The van der Waals surface area contributed by atoms with E-state index in [4.69, 9.17) is 18.9 Å². The number of benzene rings is 2. The Bertz CT molecular complexity index is 1050. The zero-order valence-corrected chi connectivity index (χ0v) is 17.9. The van der Waals surface area contributed by atoms with Crippen LogP contribution in [0.1, 0.15) is 5.69 Å². The van der Waals surface area contributed by atoms with Gasteiger partial charge in [-0.2, -0.15) is 0 Å². The van der Waals surface area contributed by atoms with E-state index < -0.39 is 12.2 Å². The highest BCUT2D eigenvalue weighted by Crippen LogP contribution is 2.29. The predicted molar refractivity (Wildman–Crippen MR) is 121 cm³/mol. The van der Waals surface area contributed by atoms with E-state index in [9.17, 15) is 4.79 Å². The van der Waals surface area contributed by atoms with Crippen LogP contribution in [-0.2, 0) is 20.8 Å². The summed E-state index contributed by atoms with van der Waals surface area (Å²) in [6.45, 7) is 1.42. The molecule has 0 spiro atoms. The van der Waals surface area contributed by atoms with Crippen molar-refractivity contribution in [2.24, 2.45) is 0 Å². The second-order valence-electron chi connectivity index (χ2n) is 7.91. The molecule has 0 aliphatic carbocycles. The number of aromatic nitrogens is 1. The van der Waals surface area contributed by atoms with Crippen molar-refractivity contribution < 1.29 is 23.7 Å². The molecule has 0 unspecified atom stereocenters. The van der Waals surface area contributed by atoms with E-state index in [1.54, 1.807) is 30.5 Å². The molecule has 0 radical (unpaired) electrons. The molecule has 4 atom stereocenters. The number of para-hydroxylation sites is 1. The lowest BCUT2D eigenvalue weighted by molar-refractivity contribution is 0.00854. The summed E-state index contributed by atoms with van der Waals surface area (Å²) in [7, 11) is 0. The van der Waals surface area contributed by atoms with Crippen LogP contribution in [0.25, 0.3) is 0 Å². The third kappa shape index (κ3) is 5.31. The quantitative estimate of drug-likeness (QED) is 0.570. The number of hydrogen-bond donors (Lipinski definition) is 2. The molecule has 2 saturated heterocycles. The van der Waals surface area contributed by atoms with Crippen molar-refractivity contribution in [2.75, 3.05) is 18.5 Å². The fourth-order valence-electron chi connectivity index (χ4n) is 3.99. The molecule has 3 heterocycles. The highest BCUT2D eigenvalue weighted by atomic mass is 16.6. The van der Waals surface area contributed by atoms with Gasteiger partial charge in [-0.15, -0.1) is 0 Å². The van der Waals surface area contributed by atoms with Gasteiger partial charge in [-0.1, -0.05) is 24.3 Å². The summed E-state index contributed by atoms with van der Waals surface area (Å²) in [5.74, 6) is 1.42. The molecule has 3 aromatic rings. The maximum absolute atomic E-state index is 12.4. The van der Waals surface area contributed by atoms with E-state index in [1.165, 1.54) is 0 Å². The van der Waals surface area contributed by atoms with Gasteiger partial charge < -0.3 is 24.3 Å². The Balaban J connectivity index is 1.10. The van der Waals surface area contributed by atoms with E-state index >= 15 is 0 Å². The first-order valence-electron chi connectivity index (χ1n) is 10.9. The number of carbonyl (C=O) groups excluding carboxylic acids is 1. The summed E-state index contributed by atoms with van der Waals surface area (Å²) in [4.78, 5) is 16.7. The van der Waals surface area contributed by atoms with Crippen LogP contribution in [0.2, 0.25) is 0 Å². The first-order valence-corrected chi connectivity index (χ1v) is 10.9. The van der Waals surface area contributed by atoms with Crippen LogP contribution in [-0.4, -0.2) is 48.6 Å². The lowest BCUT2D eigenvalue weighted by atomic mass is 10.1. The third-order valence-electron chi connectivity index (χ3n) is 5.62. The molecular formula is C25H25N3O5. The van der Waals surface area contributed by atoms with Gasteiger partial charge in [0.05, 0.1) is 24.9 Å². The minimum atomic E-state index is -0.547. The van der Waals surface area contributed by atoms with Gasteiger partial charge >= 0.3 is 6.09 Å². The van der Waals surface area contributed by atoms with Crippen LogP contribution in [0, 0.1) is 0 Å². The Morgan fingerprint density at radius 3 is 2.45 bits per heavy atom. The number of hydrogen-bond acceptors (Lipinski definition) is 7. The topological polar surface area (TPSA) is 90.9 Å². The van der Waals surface area contributed by atoms with Crippen molar-refractivity contribution in [2.45, 2.75) is 30.9 Å². The number of anilines is 1. The predicted octanol–water partition coefficient (Wildman–Crippen LogP) is 3.75. The number of carbonyl (C=O) groups is 1. The number of ether oxygens (including phenoxy) is 4. The number of amides is 1. The van der Waals surface area contributed by atoms with Gasteiger partial charge in [-0.05, 0) is 48.5 Å². The molecule has 1 amide bonds. The molecule has 2 aliphatic rings. The summed E-state index contributed by atoms with van der Waals surface area (Å²) < 4.78 is 23.1. The molecule has 170 valence electrons. The number of nitrogens with zero attached hydrogens (tertiary/aromatic N) is 1. The molecular weight excluding hydrogens is 422 g/mol. The Kier molecular flexibility index (Phi) is 6.48. The summed E-state index contributed by atoms with van der Waals surface area (Å²) >= 11 is 0. The number of nitrogens with one attached hydrogen (secondary N) is 2. The minimum absolute atomic E-state index is 0.0193. The Morgan fingerprint density at radius 1 is 0.909 bits per heavy atom. The van der Waals surface area contributed by atoms with Crippen LogP contribution < -0.4 is 15.4 Å². The summed E-state index contributed by atoms with van der Waals surface area (Å²) in [5, 5.41) is 6.17. The number of fused-ring (bicyclic) bond motifs is 1. The van der Waals surface area contributed by atoms with E-state index in [0.29, 0.717) is 31.2 Å². The van der Waals surface area contributed by atoms with E-state index in [2.05, 4.69) is 15.6 Å². The largest absolute Gasteiger partial charge is 0.457 e. The van der Waals surface area contributed by atoms with Crippen LogP contribution in [0.5, 0.6) is 11.5 Å². The van der Waals surface area contributed by atoms with Gasteiger partial charge in [0.2, 0.25) is 0 Å². The number of rotatable bonds is 7. The average molecular weight is 447 g/mol. The van der Waals surface area contributed by atoms with Crippen LogP contribution in [0.15, 0.2) is 79.0 Å². The molecule has 0 bridgehead atoms. The summed E-state index contributed by atoms with van der Waals surface area (Å²) in [5.41, 5.74) is 1.56. The first-order chi connectivity index (χ1) is 16.2. The molecule has 1 aromatic heterocycles. The molecule has 33 heavy (non-hydrogen) atoms. The van der Waals surface area contributed by atoms with Crippen LogP contribution in [0.4, 0.5) is 10.5 Å². The van der Waals surface area contributed by atoms with Gasteiger partial charge in [-0.25, -0.2) is 4.79 Å². The van der Waals surface area contributed by atoms with Gasteiger partial charge in [0.1, 0.15) is 23.7 Å².